The quantitative estimate of drug-likeness (QED) is 0.197. The van der Waals surface area contributed by atoms with Crippen molar-refractivity contribution in [2.75, 3.05) is 6.79 Å². The lowest BCUT2D eigenvalue weighted by atomic mass is 9.85. The van der Waals surface area contributed by atoms with Crippen LogP contribution in [0.4, 0.5) is 0 Å². The van der Waals surface area contributed by atoms with Gasteiger partial charge in [-0.2, -0.15) is 0 Å². The van der Waals surface area contributed by atoms with E-state index in [1.165, 1.54) is 0 Å². The largest absolute Gasteiger partial charge is 0.507 e. The number of carbonyl (C=O) groups excluding carboxylic acids is 1. The van der Waals surface area contributed by atoms with Gasteiger partial charge >= 0.3 is 5.97 Å². The molecule has 0 fully saturated rings. The number of allylic oxidation sites excluding steroid dienone is 2. The molecule has 162 valence electrons. The summed E-state index contributed by atoms with van der Waals surface area (Å²) in [6.45, 7) is 8.04. The minimum absolute atomic E-state index is 0.0876. The second-order valence-corrected chi connectivity index (χ2v) is 8.08. The zero-order valence-corrected chi connectivity index (χ0v) is 18.6. The van der Waals surface area contributed by atoms with Crippen LogP contribution in [0.25, 0.3) is 0 Å². The van der Waals surface area contributed by atoms with Crippen LogP contribution in [-0.2, 0) is 16.0 Å². The third-order valence-corrected chi connectivity index (χ3v) is 6.07. The van der Waals surface area contributed by atoms with Crippen molar-refractivity contribution in [2.45, 2.75) is 91.4 Å². The van der Waals surface area contributed by atoms with Crippen molar-refractivity contribution in [2.24, 2.45) is 5.92 Å². The van der Waals surface area contributed by atoms with E-state index in [0.29, 0.717) is 11.5 Å². The molecular formula is C25H38O4. The number of hydrogen-bond acceptors (Lipinski definition) is 4. The molecular weight excluding hydrogens is 364 g/mol. The zero-order chi connectivity index (χ0) is 21.2. The molecule has 0 saturated heterocycles. The number of benzene rings is 1. The number of aromatic hydroxyl groups is 1. The van der Waals surface area contributed by atoms with Crippen LogP contribution in [0.3, 0.4) is 0 Å². The van der Waals surface area contributed by atoms with E-state index in [0.717, 1.165) is 74.5 Å². The van der Waals surface area contributed by atoms with Gasteiger partial charge in [-0.15, -0.1) is 0 Å². The van der Waals surface area contributed by atoms with Crippen LogP contribution < -0.4 is 4.74 Å². The van der Waals surface area contributed by atoms with E-state index in [1.807, 2.05) is 26.8 Å². The number of esters is 1. The lowest BCUT2D eigenvalue weighted by molar-refractivity contribution is -0.155. The standard InChI is InChI=1S/C25H38O4/c1-5-8-10-15-21-16-22(28-17-29-25(27)19(6-2)7-3)23(24(26)18(21)4)20-13-11-9-12-14-20/h11,13,16,19-20,26H,5-10,12,14-15,17H2,1-4H3. The Morgan fingerprint density at radius 1 is 1.24 bits per heavy atom. The van der Waals surface area contributed by atoms with Crippen LogP contribution in [0.1, 0.15) is 94.7 Å². The molecule has 0 bridgehead atoms. The summed E-state index contributed by atoms with van der Waals surface area (Å²) in [7, 11) is 0. The van der Waals surface area contributed by atoms with Gasteiger partial charge in [0.2, 0.25) is 6.79 Å². The fourth-order valence-corrected chi connectivity index (χ4v) is 4.06. The van der Waals surface area contributed by atoms with Crippen molar-refractivity contribution < 1.29 is 19.4 Å². The molecule has 1 aliphatic carbocycles. The summed E-state index contributed by atoms with van der Waals surface area (Å²) < 4.78 is 11.3. The van der Waals surface area contributed by atoms with Crippen molar-refractivity contribution in [1.29, 1.82) is 0 Å². The highest BCUT2D eigenvalue weighted by atomic mass is 16.7. The van der Waals surface area contributed by atoms with Gasteiger partial charge in [-0.05, 0) is 69.1 Å². The Hall–Kier alpha value is -1.97. The molecule has 0 heterocycles. The summed E-state index contributed by atoms with van der Waals surface area (Å²) in [5.74, 6) is 0.811. The van der Waals surface area contributed by atoms with Crippen LogP contribution in [0.5, 0.6) is 11.5 Å². The third-order valence-electron chi connectivity index (χ3n) is 6.07. The number of phenolic OH excluding ortho intramolecular Hbond substituents is 1. The Morgan fingerprint density at radius 3 is 2.62 bits per heavy atom. The van der Waals surface area contributed by atoms with Gasteiger partial charge in [0.15, 0.2) is 0 Å². The zero-order valence-electron chi connectivity index (χ0n) is 18.6. The Kier molecular flexibility index (Phi) is 9.56. The Balaban J connectivity index is 2.24. The van der Waals surface area contributed by atoms with Crippen molar-refractivity contribution in [3.63, 3.8) is 0 Å². The summed E-state index contributed by atoms with van der Waals surface area (Å²) in [5.41, 5.74) is 2.88. The average Bonchev–Trinajstić information content (AvgIpc) is 2.73. The highest BCUT2D eigenvalue weighted by Gasteiger charge is 2.24. The molecule has 4 heteroatoms. The number of ether oxygens (including phenoxy) is 2. The molecule has 1 aliphatic rings. The van der Waals surface area contributed by atoms with Gasteiger partial charge in [0.1, 0.15) is 11.5 Å². The predicted octanol–water partition coefficient (Wildman–Crippen LogP) is 6.57. The summed E-state index contributed by atoms with van der Waals surface area (Å²) in [6, 6.07) is 2.05. The maximum Gasteiger partial charge on any atom is 0.311 e. The highest BCUT2D eigenvalue weighted by molar-refractivity contribution is 5.72. The first kappa shape index (κ1) is 23.3. The molecule has 0 amide bonds. The van der Waals surface area contributed by atoms with E-state index >= 15 is 0 Å². The van der Waals surface area contributed by atoms with Crippen molar-refractivity contribution in [3.05, 3.63) is 34.9 Å². The summed E-state index contributed by atoms with van der Waals surface area (Å²) in [6.07, 6.45) is 13.4. The molecule has 1 aromatic carbocycles. The van der Waals surface area contributed by atoms with Gasteiger partial charge in [0.25, 0.3) is 0 Å². The van der Waals surface area contributed by atoms with Crippen molar-refractivity contribution >= 4 is 5.97 Å². The monoisotopic (exact) mass is 402 g/mol. The number of carbonyl (C=O) groups is 1. The minimum atomic E-state index is -0.214. The van der Waals surface area contributed by atoms with Crippen LogP contribution in [-0.4, -0.2) is 17.9 Å². The number of unbranched alkanes of at least 4 members (excludes halogenated alkanes) is 2. The van der Waals surface area contributed by atoms with E-state index in [2.05, 4.69) is 19.1 Å². The Morgan fingerprint density at radius 2 is 2.00 bits per heavy atom. The van der Waals surface area contributed by atoms with Gasteiger partial charge in [0, 0.05) is 11.5 Å². The lowest BCUT2D eigenvalue weighted by Gasteiger charge is -2.24. The van der Waals surface area contributed by atoms with E-state index in [-0.39, 0.29) is 24.6 Å². The first-order valence-electron chi connectivity index (χ1n) is 11.3. The van der Waals surface area contributed by atoms with Crippen molar-refractivity contribution in [3.8, 4) is 11.5 Å². The molecule has 0 radical (unpaired) electrons. The molecule has 0 aromatic heterocycles. The topological polar surface area (TPSA) is 55.8 Å². The number of aryl methyl sites for hydroxylation is 1. The second-order valence-electron chi connectivity index (χ2n) is 8.08. The smallest absolute Gasteiger partial charge is 0.311 e. The molecule has 0 saturated carbocycles. The van der Waals surface area contributed by atoms with Gasteiger partial charge in [-0.1, -0.05) is 45.8 Å². The Bertz CT molecular complexity index is 689. The summed E-state index contributed by atoms with van der Waals surface area (Å²) in [5, 5.41) is 11.0. The van der Waals surface area contributed by atoms with Crippen LogP contribution in [0.15, 0.2) is 18.2 Å². The van der Waals surface area contributed by atoms with Gasteiger partial charge in [0.05, 0.1) is 5.92 Å². The van der Waals surface area contributed by atoms with Gasteiger partial charge in [-0.3, -0.25) is 4.79 Å². The van der Waals surface area contributed by atoms with Crippen LogP contribution >= 0.6 is 0 Å². The second kappa shape index (κ2) is 11.9. The lowest BCUT2D eigenvalue weighted by Crippen LogP contribution is -2.19. The normalized spacial score (nSPS) is 16.2. The maximum atomic E-state index is 12.2. The first-order valence-corrected chi connectivity index (χ1v) is 11.3. The summed E-state index contributed by atoms with van der Waals surface area (Å²) in [4.78, 5) is 12.2. The third kappa shape index (κ3) is 6.25. The van der Waals surface area contributed by atoms with Gasteiger partial charge in [-0.25, -0.2) is 0 Å². The fourth-order valence-electron chi connectivity index (χ4n) is 4.06. The SMILES string of the molecule is CCCCCc1cc(OCOC(=O)C(CC)CC)c(C2C=CCCC2)c(O)c1C. The van der Waals surface area contributed by atoms with E-state index in [9.17, 15) is 9.90 Å². The van der Waals surface area contributed by atoms with Crippen molar-refractivity contribution in [1.82, 2.24) is 0 Å². The van der Waals surface area contributed by atoms with E-state index in [4.69, 9.17) is 9.47 Å². The van der Waals surface area contributed by atoms with Gasteiger partial charge < -0.3 is 14.6 Å². The molecule has 0 aliphatic heterocycles. The highest BCUT2D eigenvalue weighted by Crippen LogP contribution is 2.43. The Labute approximate surface area is 176 Å². The molecule has 4 nitrogen and oxygen atoms in total. The maximum absolute atomic E-state index is 12.2. The van der Waals surface area contributed by atoms with E-state index < -0.39 is 0 Å². The number of phenols is 1. The molecule has 1 unspecified atom stereocenters. The molecule has 1 N–H and O–H groups in total. The molecule has 29 heavy (non-hydrogen) atoms. The summed E-state index contributed by atoms with van der Waals surface area (Å²) >= 11 is 0. The fraction of sp³-hybridized carbons (Fsp3) is 0.640. The van der Waals surface area contributed by atoms with Crippen LogP contribution in [0.2, 0.25) is 0 Å². The molecule has 2 rings (SSSR count). The predicted molar refractivity (Wildman–Crippen MR) is 117 cm³/mol. The molecule has 1 aromatic rings. The van der Waals surface area contributed by atoms with E-state index in [1.54, 1.807) is 0 Å². The number of rotatable bonds is 11. The molecule has 0 spiro atoms. The number of hydrogen-bond donors (Lipinski definition) is 1. The minimum Gasteiger partial charge on any atom is -0.507 e. The first-order chi connectivity index (χ1) is 14.0. The van der Waals surface area contributed by atoms with Crippen LogP contribution in [0, 0.1) is 12.8 Å². The average molecular weight is 403 g/mol. The molecule has 1 atom stereocenters.